The smallest absolute Gasteiger partial charge is 0.254 e. The summed E-state index contributed by atoms with van der Waals surface area (Å²) in [5.41, 5.74) is 2.87. The van der Waals surface area contributed by atoms with Gasteiger partial charge in [-0.1, -0.05) is 30.3 Å². The van der Waals surface area contributed by atoms with Crippen molar-refractivity contribution in [3.05, 3.63) is 65.1 Å². The highest BCUT2D eigenvalue weighted by Crippen LogP contribution is 2.47. The Hall–Kier alpha value is -2.66. The van der Waals surface area contributed by atoms with Crippen molar-refractivity contribution < 1.29 is 9.18 Å². The Morgan fingerprint density at radius 2 is 1.96 bits per heavy atom. The first-order chi connectivity index (χ1) is 11.2. The SMILES string of the molecule is O=C1Nc2c(F)cccc2C12NCCc1[nH]c3ccccc3c12. The van der Waals surface area contributed by atoms with Crippen LogP contribution in [0.2, 0.25) is 0 Å². The number of fused-ring (bicyclic) bond motifs is 6. The molecule has 3 aromatic rings. The van der Waals surface area contributed by atoms with Crippen molar-refractivity contribution >= 4 is 22.5 Å². The molecule has 5 rings (SSSR count). The zero-order chi connectivity index (χ0) is 15.6. The van der Waals surface area contributed by atoms with Gasteiger partial charge in [-0.2, -0.15) is 0 Å². The molecule has 23 heavy (non-hydrogen) atoms. The summed E-state index contributed by atoms with van der Waals surface area (Å²) in [4.78, 5) is 16.3. The summed E-state index contributed by atoms with van der Waals surface area (Å²) in [7, 11) is 0. The summed E-state index contributed by atoms with van der Waals surface area (Å²) in [5.74, 6) is -0.621. The van der Waals surface area contributed by atoms with Crippen LogP contribution < -0.4 is 10.6 Å². The van der Waals surface area contributed by atoms with Crippen LogP contribution in [0.25, 0.3) is 10.9 Å². The van der Waals surface area contributed by atoms with Crippen molar-refractivity contribution in [2.24, 2.45) is 0 Å². The second-order valence-electron chi connectivity index (χ2n) is 6.07. The summed E-state index contributed by atoms with van der Waals surface area (Å²) in [6, 6.07) is 12.8. The van der Waals surface area contributed by atoms with Crippen LogP contribution in [0.5, 0.6) is 0 Å². The fraction of sp³-hybridized carbons (Fsp3) is 0.167. The van der Waals surface area contributed by atoms with E-state index in [0.717, 1.165) is 28.6 Å². The van der Waals surface area contributed by atoms with Crippen molar-refractivity contribution in [2.75, 3.05) is 11.9 Å². The largest absolute Gasteiger partial charge is 0.358 e. The van der Waals surface area contributed by atoms with E-state index in [9.17, 15) is 9.18 Å². The molecule has 114 valence electrons. The maximum atomic E-state index is 14.2. The maximum absolute atomic E-state index is 14.2. The highest BCUT2D eigenvalue weighted by molar-refractivity contribution is 6.11. The predicted molar refractivity (Wildman–Crippen MR) is 85.8 cm³/mol. The molecule has 1 amide bonds. The van der Waals surface area contributed by atoms with Gasteiger partial charge in [0.2, 0.25) is 0 Å². The van der Waals surface area contributed by atoms with E-state index in [1.165, 1.54) is 6.07 Å². The molecule has 0 radical (unpaired) electrons. The molecule has 4 nitrogen and oxygen atoms in total. The Balaban J connectivity index is 1.91. The standard InChI is InChI=1S/C18H14FN3O/c19-12-6-3-5-11-16(12)22-17(23)18(11)15-10-4-1-2-7-13(10)21-14(15)8-9-20-18/h1-7,20-21H,8-9H2,(H,22,23). The van der Waals surface area contributed by atoms with E-state index in [-0.39, 0.29) is 11.6 Å². The number of carbonyl (C=O) groups is 1. The minimum atomic E-state index is -1.02. The lowest BCUT2D eigenvalue weighted by atomic mass is 9.79. The normalized spacial score (nSPS) is 22.2. The molecule has 5 heteroatoms. The summed E-state index contributed by atoms with van der Waals surface area (Å²) < 4.78 is 14.2. The van der Waals surface area contributed by atoms with Crippen LogP contribution in [0.15, 0.2) is 42.5 Å². The minimum Gasteiger partial charge on any atom is -0.358 e. The molecule has 0 aliphatic carbocycles. The fourth-order valence-electron chi connectivity index (χ4n) is 3.99. The van der Waals surface area contributed by atoms with Crippen molar-refractivity contribution in [2.45, 2.75) is 12.0 Å². The molecule has 0 saturated heterocycles. The lowest BCUT2D eigenvalue weighted by molar-refractivity contribution is -0.120. The van der Waals surface area contributed by atoms with Gasteiger partial charge in [-0.05, 0) is 12.1 Å². The van der Waals surface area contributed by atoms with Gasteiger partial charge in [0.1, 0.15) is 5.82 Å². The zero-order valence-corrected chi connectivity index (χ0v) is 12.2. The Morgan fingerprint density at radius 1 is 1.09 bits per heavy atom. The number of halogens is 1. The molecule has 3 heterocycles. The number of nitrogens with one attached hydrogen (secondary N) is 3. The van der Waals surface area contributed by atoms with Crippen molar-refractivity contribution in [1.82, 2.24) is 10.3 Å². The number of anilines is 1. The van der Waals surface area contributed by atoms with Gasteiger partial charge >= 0.3 is 0 Å². The second kappa shape index (κ2) is 4.20. The van der Waals surface area contributed by atoms with Gasteiger partial charge < -0.3 is 10.3 Å². The van der Waals surface area contributed by atoms with Crippen molar-refractivity contribution in [1.29, 1.82) is 0 Å². The Kier molecular flexibility index (Phi) is 2.35. The average Bonchev–Trinajstić information content (AvgIpc) is 3.07. The van der Waals surface area contributed by atoms with Crippen LogP contribution in [-0.4, -0.2) is 17.4 Å². The Labute approximate surface area is 131 Å². The summed E-state index contributed by atoms with van der Waals surface area (Å²) in [5, 5.41) is 7.10. The van der Waals surface area contributed by atoms with Gasteiger partial charge in [-0.3, -0.25) is 10.1 Å². The number of benzene rings is 2. The lowest BCUT2D eigenvalue weighted by Crippen LogP contribution is -2.52. The van der Waals surface area contributed by atoms with E-state index in [1.807, 2.05) is 30.3 Å². The Bertz CT molecular complexity index is 978. The van der Waals surface area contributed by atoms with Crippen LogP contribution >= 0.6 is 0 Å². The number of hydrogen-bond acceptors (Lipinski definition) is 2. The quantitative estimate of drug-likeness (QED) is 0.598. The number of rotatable bonds is 0. The van der Waals surface area contributed by atoms with E-state index in [2.05, 4.69) is 15.6 Å². The van der Waals surface area contributed by atoms with Gasteiger partial charge in [0.05, 0.1) is 5.69 Å². The number of hydrogen-bond donors (Lipinski definition) is 3. The maximum Gasteiger partial charge on any atom is 0.254 e. The van der Waals surface area contributed by atoms with Crippen LogP contribution in [0.4, 0.5) is 10.1 Å². The van der Waals surface area contributed by atoms with Crippen LogP contribution in [0.3, 0.4) is 0 Å². The molecule has 0 bridgehead atoms. The molecule has 2 aliphatic rings. The summed E-state index contributed by atoms with van der Waals surface area (Å²) >= 11 is 0. The number of para-hydroxylation sites is 2. The third-order valence-corrected chi connectivity index (χ3v) is 4.92. The van der Waals surface area contributed by atoms with E-state index in [1.54, 1.807) is 6.07 Å². The van der Waals surface area contributed by atoms with Gasteiger partial charge in [-0.15, -0.1) is 0 Å². The van der Waals surface area contributed by atoms with E-state index < -0.39 is 11.4 Å². The van der Waals surface area contributed by atoms with Gasteiger partial charge in [0.25, 0.3) is 5.91 Å². The van der Waals surface area contributed by atoms with Gasteiger partial charge in [-0.25, -0.2) is 4.39 Å². The van der Waals surface area contributed by atoms with Crippen LogP contribution in [-0.2, 0) is 16.8 Å². The monoisotopic (exact) mass is 307 g/mol. The average molecular weight is 307 g/mol. The molecule has 1 aromatic heterocycles. The second-order valence-corrected chi connectivity index (χ2v) is 6.07. The molecule has 1 spiro atoms. The summed E-state index contributed by atoms with van der Waals surface area (Å²) in [6.45, 7) is 0.656. The van der Waals surface area contributed by atoms with Gasteiger partial charge in [0.15, 0.2) is 5.54 Å². The molecule has 0 saturated carbocycles. The molecule has 3 N–H and O–H groups in total. The van der Waals surface area contributed by atoms with Crippen molar-refractivity contribution in [3.8, 4) is 0 Å². The summed E-state index contributed by atoms with van der Waals surface area (Å²) in [6.07, 6.45) is 0.809. The van der Waals surface area contributed by atoms with Crippen LogP contribution in [0.1, 0.15) is 16.8 Å². The van der Waals surface area contributed by atoms with E-state index >= 15 is 0 Å². The molecule has 2 aromatic carbocycles. The molecule has 2 aliphatic heterocycles. The zero-order valence-electron chi connectivity index (χ0n) is 12.2. The number of carbonyl (C=O) groups excluding carboxylic acids is 1. The molecular weight excluding hydrogens is 293 g/mol. The van der Waals surface area contributed by atoms with Crippen LogP contribution in [0, 0.1) is 5.82 Å². The topological polar surface area (TPSA) is 56.9 Å². The highest BCUT2D eigenvalue weighted by atomic mass is 19.1. The minimum absolute atomic E-state index is 0.219. The van der Waals surface area contributed by atoms with Crippen molar-refractivity contribution in [3.63, 3.8) is 0 Å². The van der Waals surface area contributed by atoms with E-state index in [4.69, 9.17) is 0 Å². The first-order valence-electron chi connectivity index (χ1n) is 7.67. The molecule has 0 fully saturated rings. The first-order valence-corrected chi connectivity index (χ1v) is 7.67. The number of aromatic nitrogens is 1. The molecular formula is C18H14FN3O. The number of H-pyrrole nitrogens is 1. The fourth-order valence-corrected chi connectivity index (χ4v) is 3.99. The Morgan fingerprint density at radius 3 is 2.87 bits per heavy atom. The third kappa shape index (κ3) is 1.45. The van der Waals surface area contributed by atoms with E-state index in [0.29, 0.717) is 12.1 Å². The highest BCUT2D eigenvalue weighted by Gasteiger charge is 2.52. The molecule has 1 unspecified atom stereocenters. The number of amides is 1. The third-order valence-electron chi connectivity index (χ3n) is 4.92. The lowest BCUT2D eigenvalue weighted by Gasteiger charge is -2.33. The predicted octanol–water partition coefficient (Wildman–Crippen LogP) is 2.65. The number of aromatic amines is 1. The first kappa shape index (κ1) is 12.8. The molecule has 1 atom stereocenters. The van der Waals surface area contributed by atoms with Gasteiger partial charge in [0, 0.05) is 40.7 Å².